The minimum atomic E-state index is -0.0623. The standard InChI is InChI=1S/C10H5ClN2OS4/c11-5-1-2-6-7(3-5)18-9(17-6)12-13-8(14)4-16-10(13)15/h1-3H,4H2/b12-9-. The van der Waals surface area contributed by atoms with Crippen LogP contribution in [0.2, 0.25) is 5.02 Å². The van der Waals surface area contributed by atoms with Gasteiger partial charge in [-0.2, -0.15) is 5.01 Å². The summed E-state index contributed by atoms with van der Waals surface area (Å²) in [4.78, 5) is 11.6. The summed E-state index contributed by atoms with van der Waals surface area (Å²) in [5, 5.41) is 6.31. The van der Waals surface area contributed by atoms with Crippen molar-refractivity contribution in [3.63, 3.8) is 0 Å². The molecule has 92 valence electrons. The quantitative estimate of drug-likeness (QED) is 0.751. The number of thioether (sulfide) groups is 1. The molecule has 0 radical (unpaired) electrons. The van der Waals surface area contributed by atoms with Crippen molar-refractivity contribution < 1.29 is 4.79 Å². The summed E-state index contributed by atoms with van der Waals surface area (Å²) in [5.41, 5.74) is 0. The summed E-state index contributed by atoms with van der Waals surface area (Å²) in [7, 11) is 0. The number of hydrogen-bond donors (Lipinski definition) is 0. The maximum atomic E-state index is 11.6. The van der Waals surface area contributed by atoms with Crippen LogP contribution in [0.3, 0.4) is 0 Å². The summed E-state index contributed by atoms with van der Waals surface area (Å²) in [5.74, 6) is 0.316. The van der Waals surface area contributed by atoms with Gasteiger partial charge in [-0.1, -0.05) is 35.6 Å². The second kappa shape index (κ2) is 4.90. The third-order valence-electron chi connectivity index (χ3n) is 2.21. The van der Waals surface area contributed by atoms with Gasteiger partial charge in [0.1, 0.15) is 0 Å². The molecule has 0 aliphatic carbocycles. The van der Waals surface area contributed by atoms with Crippen molar-refractivity contribution in [2.75, 3.05) is 5.75 Å². The Hall–Kier alpha value is -0.470. The first-order valence-corrected chi connectivity index (χ1v) is 8.27. The molecule has 0 N–H and O–H groups in total. The highest BCUT2D eigenvalue weighted by molar-refractivity contribution is 8.23. The van der Waals surface area contributed by atoms with Gasteiger partial charge in [0, 0.05) is 14.4 Å². The Labute approximate surface area is 125 Å². The van der Waals surface area contributed by atoms with Crippen LogP contribution in [0, 0.1) is 0 Å². The molecule has 2 aromatic rings. The molecule has 3 rings (SSSR count). The summed E-state index contributed by atoms with van der Waals surface area (Å²) >= 11 is 15.4. The molecule has 1 aliphatic heterocycles. The van der Waals surface area contributed by atoms with Gasteiger partial charge in [-0.3, -0.25) is 4.79 Å². The summed E-state index contributed by atoms with van der Waals surface area (Å²) in [6, 6.07) is 5.70. The van der Waals surface area contributed by atoms with Crippen LogP contribution in [-0.4, -0.2) is 21.0 Å². The van der Waals surface area contributed by atoms with Crippen LogP contribution in [0.1, 0.15) is 0 Å². The predicted octanol–water partition coefficient (Wildman–Crippen LogP) is 3.29. The molecule has 2 heterocycles. The van der Waals surface area contributed by atoms with Gasteiger partial charge in [0.05, 0.1) is 5.75 Å². The molecule has 1 saturated heterocycles. The van der Waals surface area contributed by atoms with Crippen molar-refractivity contribution in [3.8, 4) is 0 Å². The van der Waals surface area contributed by atoms with Gasteiger partial charge in [-0.25, -0.2) is 0 Å². The third-order valence-corrected chi connectivity index (χ3v) is 6.06. The van der Waals surface area contributed by atoms with Crippen molar-refractivity contribution in [2.45, 2.75) is 0 Å². The van der Waals surface area contributed by atoms with E-state index in [0.29, 0.717) is 15.1 Å². The molecule has 0 atom stereocenters. The summed E-state index contributed by atoms with van der Waals surface area (Å²) in [6.07, 6.45) is 0. The van der Waals surface area contributed by atoms with E-state index in [-0.39, 0.29) is 5.91 Å². The van der Waals surface area contributed by atoms with E-state index in [4.69, 9.17) is 23.8 Å². The number of benzene rings is 1. The van der Waals surface area contributed by atoms with E-state index in [2.05, 4.69) is 5.10 Å². The van der Waals surface area contributed by atoms with Crippen LogP contribution in [0.5, 0.6) is 0 Å². The van der Waals surface area contributed by atoms with E-state index < -0.39 is 0 Å². The van der Waals surface area contributed by atoms with E-state index in [1.807, 2.05) is 18.2 Å². The van der Waals surface area contributed by atoms with Crippen molar-refractivity contribution in [3.05, 3.63) is 27.2 Å². The van der Waals surface area contributed by atoms with E-state index >= 15 is 0 Å². The van der Waals surface area contributed by atoms with Crippen LogP contribution in [0.15, 0.2) is 23.3 Å². The molecule has 0 unspecified atom stereocenters. The highest BCUT2D eigenvalue weighted by atomic mass is 35.5. The van der Waals surface area contributed by atoms with Crippen molar-refractivity contribution in [1.29, 1.82) is 0 Å². The van der Waals surface area contributed by atoms with E-state index in [1.165, 1.54) is 39.4 Å². The normalized spacial score (nSPS) is 17.2. The van der Waals surface area contributed by atoms with Crippen LogP contribution >= 0.6 is 58.3 Å². The fraction of sp³-hybridized carbons (Fsp3) is 0.100. The second-order valence-electron chi connectivity index (χ2n) is 3.42. The number of rotatable bonds is 1. The van der Waals surface area contributed by atoms with Gasteiger partial charge >= 0.3 is 0 Å². The van der Waals surface area contributed by atoms with Crippen molar-refractivity contribution in [2.24, 2.45) is 5.10 Å². The average Bonchev–Trinajstić information content (AvgIpc) is 2.86. The molecule has 1 aliphatic rings. The minimum absolute atomic E-state index is 0.0623. The van der Waals surface area contributed by atoms with Crippen LogP contribution in [0.25, 0.3) is 9.40 Å². The maximum absolute atomic E-state index is 11.6. The lowest BCUT2D eigenvalue weighted by molar-refractivity contribution is -0.124. The molecule has 1 aromatic carbocycles. The lowest BCUT2D eigenvalue weighted by Crippen LogP contribution is -2.24. The van der Waals surface area contributed by atoms with Gasteiger partial charge < -0.3 is 0 Å². The Morgan fingerprint density at radius 1 is 1.33 bits per heavy atom. The van der Waals surface area contributed by atoms with Crippen molar-refractivity contribution in [1.82, 2.24) is 5.01 Å². The zero-order valence-electron chi connectivity index (χ0n) is 8.75. The maximum Gasteiger partial charge on any atom is 0.259 e. The molecule has 1 fully saturated rings. The number of carbonyl (C=O) groups excluding carboxylic acids is 1. The molecule has 8 heteroatoms. The fourth-order valence-electron chi connectivity index (χ4n) is 1.42. The zero-order chi connectivity index (χ0) is 12.7. The molecule has 0 bridgehead atoms. The molecule has 1 aromatic heterocycles. The number of carbonyl (C=O) groups is 1. The number of amides is 1. The van der Waals surface area contributed by atoms with Crippen LogP contribution in [-0.2, 0) is 4.79 Å². The molecule has 18 heavy (non-hydrogen) atoms. The molecule has 1 amide bonds. The Morgan fingerprint density at radius 2 is 2.11 bits per heavy atom. The van der Waals surface area contributed by atoms with Gasteiger partial charge in [0.15, 0.2) is 8.31 Å². The number of thiocarbonyl (C=S) groups is 1. The number of fused-ring (bicyclic) bond motifs is 1. The lowest BCUT2D eigenvalue weighted by Gasteiger charge is -2.04. The first-order valence-electron chi connectivity index (χ1n) is 4.87. The highest BCUT2D eigenvalue weighted by Gasteiger charge is 2.26. The lowest BCUT2D eigenvalue weighted by atomic mass is 10.4. The largest absolute Gasteiger partial charge is 0.272 e. The fourth-order valence-corrected chi connectivity index (χ4v) is 4.84. The van der Waals surface area contributed by atoms with Crippen LogP contribution in [0.4, 0.5) is 0 Å². The van der Waals surface area contributed by atoms with Gasteiger partial charge in [0.25, 0.3) is 5.91 Å². The Bertz CT molecular complexity index is 704. The topological polar surface area (TPSA) is 32.7 Å². The van der Waals surface area contributed by atoms with E-state index in [0.717, 1.165) is 13.4 Å². The van der Waals surface area contributed by atoms with Crippen LogP contribution < -0.4 is 3.98 Å². The van der Waals surface area contributed by atoms with Gasteiger partial charge in [-0.05, 0) is 18.2 Å². The number of hydrogen-bond acceptors (Lipinski definition) is 6. The summed E-state index contributed by atoms with van der Waals surface area (Å²) < 4.78 is 3.48. The van der Waals surface area contributed by atoms with Gasteiger partial charge in [-0.15, -0.1) is 27.8 Å². The molecule has 0 saturated carbocycles. The Balaban J connectivity index is 2.09. The number of halogens is 1. The predicted molar refractivity (Wildman–Crippen MR) is 82.2 cm³/mol. The second-order valence-corrected chi connectivity index (χ2v) is 7.79. The van der Waals surface area contributed by atoms with E-state index in [9.17, 15) is 4.79 Å². The average molecular weight is 333 g/mol. The Morgan fingerprint density at radius 3 is 2.83 bits per heavy atom. The Kier molecular flexibility index (Phi) is 3.42. The monoisotopic (exact) mass is 332 g/mol. The number of nitrogens with zero attached hydrogens (tertiary/aromatic N) is 2. The molecular weight excluding hydrogens is 328 g/mol. The molecule has 0 spiro atoms. The smallest absolute Gasteiger partial charge is 0.259 e. The first-order chi connectivity index (χ1) is 8.63. The SMILES string of the molecule is O=C1CSC(=S)N1/N=c1/sc2ccc(Cl)cc2s1. The van der Waals surface area contributed by atoms with Gasteiger partial charge in [0.2, 0.25) is 0 Å². The summed E-state index contributed by atoms with van der Waals surface area (Å²) in [6.45, 7) is 0. The molecule has 3 nitrogen and oxygen atoms in total. The zero-order valence-corrected chi connectivity index (χ0v) is 12.8. The third kappa shape index (κ3) is 2.33. The van der Waals surface area contributed by atoms with Crippen molar-refractivity contribution >= 4 is 77.9 Å². The minimum Gasteiger partial charge on any atom is -0.272 e. The van der Waals surface area contributed by atoms with E-state index in [1.54, 1.807) is 0 Å². The first kappa shape index (κ1) is 12.6. The highest BCUT2D eigenvalue weighted by Crippen LogP contribution is 2.25. The molecular formula is C10H5ClN2OS4.